The van der Waals surface area contributed by atoms with Crippen molar-refractivity contribution in [2.45, 2.75) is 31.5 Å². The first-order chi connectivity index (χ1) is 6.09. The van der Waals surface area contributed by atoms with Gasteiger partial charge in [0, 0.05) is 0 Å². The lowest BCUT2D eigenvalue weighted by Gasteiger charge is -2.28. The van der Waals surface area contributed by atoms with E-state index >= 15 is 0 Å². The molecule has 2 rings (SSSR count). The third-order valence-corrected chi connectivity index (χ3v) is 4.62. The van der Waals surface area contributed by atoms with Crippen LogP contribution >= 0.6 is 7.60 Å². The van der Waals surface area contributed by atoms with Gasteiger partial charge in [-0.1, -0.05) is 12.8 Å². The maximum atomic E-state index is 11.1. The molecule has 2 fully saturated rings. The Balaban J connectivity index is 2.11. The second-order valence-electron chi connectivity index (χ2n) is 4.15. The summed E-state index contributed by atoms with van der Waals surface area (Å²) in [6.45, 7) is 0.792. The van der Waals surface area contributed by atoms with Crippen molar-refractivity contribution in [2.75, 3.05) is 6.54 Å². The summed E-state index contributed by atoms with van der Waals surface area (Å²) in [6.07, 6.45) is 4.46. The molecule has 1 heterocycles. The topological polar surface area (TPSA) is 69.6 Å². The van der Waals surface area contributed by atoms with Crippen molar-refractivity contribution in [1.29, 1.82) is 0 Å². The maximum Gasteiger partial charge on any atom is 0.342 e. The van der Waals surface area contributed by atoms with E-state index in [-0.39, 0.29) is 5.92 Å². The van der Waals surface area contributed by atoms with Crippen LogP contribution in [0.25, 0.3) is 0 Å². The van der Waals surface area contributed by atoms with Gasteiger partial charge in [0.15, 0.2) is 0 Å². The molecular formula is C8H16NO3P. The van der Waals surface area contributed by atoms with Crippen LogP contribution in [0.3, 0.4) is 0 Å². The molecule has 0 amide bonds. The Kier molecular flexibility index (Phi) is 2.49. The van der Waals surface area contributed by atoms with Gasteiger partial charge in [-0.05, 0) is 31.2 Å². The fourth-order valence-corrected chi connectivity index (χ4v) is 3.93. The largest absolute Gasteiger partial charge is 0.342 e. The molecule has 1 saturated heterocycles. The minimum Gasteiger partial charge on any atom is -0.323 e. The normalized spacial score (nSPS) is 40.3. The van der Waals surface area contributed by atoms with E-state index in [9.17, 15) is 4.57 Å². The highest BCUT2D eigenvalue weighted by molar-refractivity contribution is 7.52. The number of nitrogens with one attached hydrogen (secondary N) is 1. The van der Waals surface area contributed by atoms with E-state index in [4.69, 9.17) is 9.79 Å². The lowest BCUT2D eigenvalue weighted by molar-refractivity contribution is 0.265. The molecule has 5 heteroatoms. The van der Waals surface area contributed by atoms with Crippen molar-refractivity contribution in [3.8, 4) is 0 Å². The Morgan fingerprint density at radius 2 is 1.92 bits per heavy atom. The monoisotopic (exact) mass is 205 g/mol. The summed E-state index contributed by atoms with van der Waals surface area (Å²) in [5, 5.41) is 2.98. The molecule has 2 aliphatic rings. The summed E-state index contributed by atoms with van der Waals surface area (Å²) in [5.41, 5.74) is 0. The predicted octanol–water partition coefficient (Wildman–Crippen LogP) is 0.900. The molecule has 0 unspecified atom stereocenters. The first kappa shape index (κ1) is 9.66. The summed E-state index contributed by atoms with van der Waals surface area (Å²) in [6, 6.07) is 0. The predicted molar refractivity (Wildman–Crippen MR) is 49.3 cm³/mol. The van der Waals surface area contributed by atoms with Crippen LogP contribution in [0.2, 0.25) is 0 Å². The lowest BCUT2D eigenvalue weighted by atomic mass is 9.82. The van der Waals surface area contributed by atoms with Gasteiger partial charge < -0.3 is 15.1 Å². The molecular weight excluding hydrogens is 189 g/mol. The zero-order valence-corrected chi connectivity index (χ0v) is 8.41. The van der Waals surface area contributed by atoms with Crippen molar-refractivity contribution in [1.82, 2.24) is 5.32 Å². The molecule has 1 saturated carbocycles. The minimum absolute atomic E-state index is 0.217. The molecule has 0 aromatic carbocycles. The first-order valence-electron chi connectivity index (χ1n) is 4.87. The molecule has 1 aliphatic carbocycles. The van der Waals surface area contributed by atoms with E-state index in [2.05, 4.69) is 5.32 Å². The SMILES string of the molecule is O=P(O)(O)[C@H]1NC[C@@H]2CCCC[C@@H]21. The smallest absolute Gasteiger partial charge is 0.323 e. The molecule has 1 aliphatic heterocycles. The number of rotatable bonds is 1. The molecule has 0 aromatic heterocycles. The van der Waals surface area contributed by atoms with Crippen molar-refractivity contribution in [2.24, 2.45) is 11.8 Å². The Morgan fingerprint density at radius 1 is 1.23 bits per heavy atom. The average molecular weight is 205 g/mol. The zero-order chi connectivity index (χ0) is 9.47. The van der Waals surface area contributed by atoms with Gasteiger partial charge in [0.05, 0.1) is 0 Å². The minimum atomic E-state index is -3.91. The summed E-state index contributed by atoms with van der Waals surface area (Å²) in [7, 11) is -3.91. The summed E-state index contributed by atoms with van der Waals surface area (Å²) in [5.74, 6) is 0.166. The van der Waals surface area contributed by atoms with Gasteiger partial charge in [0.2, 0.25) is 0 Å². The second kappa shape index (κ2) is 3.35. The van der Waals surface area contributed by atoms with Crippen LogP contribution in [-0.4, -0.2) is 22.1 Å². The van der Waals surface area contributed by atoms with Gasteiger partial charge in [-0.3, -0.25) is 4.57 Å². The molecule has 76 valence electrons. The van der Waals surface area contributed by atoms with Crippen LogP contribution < -0.4 is 5.32 Å². The van der Waals surface area contributed by atoms with Gasteiger partial charge in [0.1, 0.15) is 5.78 Å². The quantitative estimate of drug-likeness (QED) is 0.556. The van der Waals surface area contributed by atoms with E-state index in [0.717, 1.165) is 25.8 Å². The number of hydrogen-bond acceptors (Lipinski definition) is 2. The third kappa shape index (κ3) is 1.82. The second-order valence-corrected chi connectivity index (χ2v) is 5.89. The van der Waals surface area contributed by atoms with Gasteiger partial charge in [-0.25, -0.2) is 0 Å². The number of hydrogen-bond donors (Lipinski definition) is 3. The maximum absolute atomic E-state index is 11.1. The van der Waals surface area contributed by atoms with E-state index < -0.39 is 13.4 Å². The summed E-state index contributed by atoms with van der Waals surface area (Å²) in [4.78, 5) is 18.2. The molecule has 0 spiro atoms. The Labute approximate surface area is 77.9 Å². The number of fused-ring (bicyclic) bond motifs is 1. The van der Waals surface area contributed by atoms with Crippen molar-refractivity contribution >= 4 is 7.60 Å². The van der Waals surface area contributed by atoms with Crippen molar-refractivity contribution in [3.05, 3.63) is 0 Å². The van der Waals surface area contributed by atoms with Crippen LogP contribution in [0.15, 0.2) is 0 Å². The van der Waals surface area contributed by atoms with Gasteiger partial charge in [-0.2, -0.15) is 0 Å². The van der Waals surface area contributed by atoms with Gasteiger partial charge in [0.25, 0.3) is 0 Å². The zero-order valence-electron chi connectivity index (χ0n) is 7.52. The molecule has 4 nitrogen and oxygen atoms in total. The van der Waals surface area contributed by atoms with E-state index in [1.165, 1.54) is 6.42 Å². The van der Waals surface area contributed by atoms with Crippen LogP contribution in [0.5, 0.6) is 0 Å². The fraction of sp³-hybridized carbons (Fsp3) is 1.00. The fourth-order valence-electron chi connectivity index (χ4n) is 2.70. The molecule has 0 bridgehead atoms. The third-order valence-electron chi connectivity index (χ3n) is 3.32. The van der Waals surface area contributed by atoms with Crippen molar-refractivity contribution in [3.63, 3.8) is 0 Å². The van der Waals surface area contributed by atoms with Crippen LogP contribution in [-0.2, 0) is 4.57 Å². The van der Waals surface area contributed by atoms with E-state index in [1.807, 2.05) is 0 Å². The molecule has 3 atom stereocenters. The van der Waals surface area contributed by atoms with Gasteiger partial charge >= 0.3 is 7.60 Å². The molecule has 0 aromatic rings. The highest BCUT2D eigenvalue weighted by atomic mass is 31.2. The average Bonchev–Trinajstić information content (AvgIpc) is 2.45. The highest BCUT2D eigenvalue weighted by Gasteiger charge is 2.45. The van der Waals surface area contributed by atoms with E-state index in [0.29, 0.717) is 5.92 Å². The summed E-state index contributed by atoms with van der Waals surface area (Å²) < 4.78 is 11.1. The van der Waals surface area contributed by atoms with E-state index in [1.54, 1.807) is 0 Å². The summed E-state index contributed by atoms with van der Waals surface area (Å²) >= 11 is 0. The molecule has 13 heavy (non-hydrogen) atoms. The Bertz CT molecular complexity index is 240. The van der Waals surface area contributed by atoms with Crippen LogP contribution in [0, 0.1) is 11.8 Å². The van der Waals surface area contributed by atoms with Crippen molar-refractivity contribution < 1.29 is 14.4 Å². The lowest BCUT2D eigenvalue weighted by Crippen LogP contribution is -2.28. The standard InChI is InChI=1S/C8H16NO3P/c10-13(11,12)8-7-4-2-1-3-6(7)5-9-8/h6-9H,1-5H2,(H2,10,11,12)/t6-,7-,8+/m0/s1. The molecule has 3 N–H and O–H groups in total. The van der Waals surface area contributed by atoms with Gasteiger partial charge in [-0.15, -0.1) is 0 Å². The highest BCUT2D eigenvalue weighted by Crippen LogP contribution is 2.51. The first-order valence-corrected chi connectivity index (χ1v) is 6.56. The van der Waals surface area contributed by atoms with Crippen LogP contribution in [0.4, 0.5) is 0 Å². The molecule has 0 radical (unpaired) electrons. The Hall–Kier alpha value is 0.110. The Morgan fingerprint density at radius 3 is 2.62 bits per heavy atom. The van der Waals surface area contributed by atoms with Crippen LogP contribution in [0.1, 0.15) is 25.7 Å².